The standard InChI is InChI=1S/C15H22FNO2/c1-11-5-6-13(16)14(8-11)19-12-4-3-7-15(9-12,10-18)17-2/h5-6,8,12,17-18H,3-4,7,9-10H2,1-2H3. The molecule has 0 saturated heterocycles. The van der Waals surface area contributed by atoms with Crippen LogP contribution in [-0.4, -0.2) is 30.4 Å². The number of likely N-dealkylation sites (N-methyl/N-ethyl adjacent to an activating group) is 1. The largest absolute Gasteiger partial charge is 0.487 e. The Balaban J connectivity index is 2.08. The molecule has 0 amide bonds. The van der Waals surface area contributed by atoms with Gasteiger partial charge >= 0.3 is 0 Å². The van der Waals surface area contributed by atoms with Gasteiger partial charge in [-0.3, -0.25) is 0 Å². The maximum absolute atomic E-state index is 13.7. The van der Waals surface area contributed by atoms with Gasteiger partial charge in [0.2, 0.25) is 0 Å². The monoisotopic (exact) mass is 267 g/mol. The van der Waals surface area contributed by atoms with Crippen molar-refractivity contribution in [2.24, 2.45) is 0 Å². The molecule has 2 atom stereocenters. The van der Waals surface area contributed by atoms with Crippen LogP contribution in [0.15, 0.2) is 18.2 Å². The lowest BCUT2D eigenvalue weighted by Gasteiger charge is -2.39. The third-order valence-corrected chi connectivity index (χ3v) is 4.01. The molecule has 3 nitrogen and oxygen atoms in total. The molecule has 1 aliphatic carbocycles. The van der Waals surface area contributed by atoms with Crippen LogP contribution in [0.5, 0.6) is 5.75 Å². The normalized spacial score (nSPS) is 27.3. The third kappa shape index (κ3) is 3.25. The van der Waals surface area contributed by atoms with Gasteiger partial charge in [-0.15, -0.1) is 0 Å². The Morgan fingerprint density at radius 3 is 3.00 bits per heavy atom. The summed E-state index contributed by atoms with van der Waals surface area (Å²) < 4.78 is 19.5. The van der Waals surface area contributed by atoms with Crippen LogP contribution in [0.3, 0.4) is 0 Å². The van der Waals surface area contributed by atoms with E-state index in [1.807, 2.05) is 14.0 Å². The summed E-state index contributed by atoms with van der Waals surface area (Å²) in [6, 6.07) is 4.89. The molecular formula is C15H22FNO2. The van der Waals surface area contributed by atoms with Gasteiger partial charge in [0.15, 0.2) is 11.6 Å². The number of aliphatic hydroxyl groups excluding tert-OH is 1. The predicted octanol–water partition coefficient (Wildman–Crippen LogP) is 2.41. The number of nitrogens with one attached hydrogen (secondary N) is 1. The molecule has 0 aromatic heterocycles. The Kier molecular flexibility index (Phi) is 4.42. The summed E-state index contributed by atoms with van der Waals surface area (Å²) in [5.41, 5.74) is 0.692. The highest BCUT2D eigenvalue weighted by molar-refractivity contribution is 5.29. The quantitative estimate of drug-likeness (QED) is 0.880. The summed E-state index contributed by atoms with van der Waals surface area (Å²) in [4.78, 5) is 0. The summed E-state index contributed by atoms with van der Waals surface area (Å²) in [5, 5.41) is 12.7. The smallest absolute Gasteiger partial charge is 0.165 e. The first-order valence-corrected chi connectivity index (χ1v) is 6.81. The number of benzene rings is 1. The number of aliphatic hydroxyl groups is 1. The number of halogens is 1. The highest BCUT2D eigenvalue weighted by Gasteiger charge is 2.35. The molecule has 1 aromatic carbocycles. The lowest BCUT2D eigenvalue weighted by Crippen LogP contribution is -2.52. The highest BCUT2D eigenvalue weighted by atomic mass is 19.1. The van der Waals surface area contributed by atoms with Gasteiger partial charge in [-0.25, -0.2) is 4.39 Å². The van der Waals surface area contributed by atoms with Crippen molar-refractivity contribution in [2.45, 2.75) is 44.2 Å². The Morgan fingerprint density at radius 1 is 1.53 bits per heavy atom. The number of ether oxygens (including phenoxy) is 1. The average Bonchev–Trinajstić information content (AvgIpc) is 2.43. The SMILES string of the molecule is CNC1(CO)CCCC(Oc2cc(C)ccc2F)C1. The maximum atomic E-state index is 13.7. The molecule has 106 valence electrons. The minimum atomic E-state index is -0.324. The van der Waals surface area contributed by atoms with E-state index < -0.39 is 0 Å². The first-order valence-electron chi connectivity index (χ1n) is 6.81. The second-order valence-corrected chi connectivity index (χ2v) is 5.46. The van der Waals surface area contributed by atoms with E-state index in [1.54, 1.807) is 12.1 Å². The third-order valence-electron chi connectivity index (χ3n) is 4.01. The van der Waals surface area contributed by atoms with Crippen molar-refractivity contribution in [1.29, 1.82) is 0 Å². The Morgan fingerprint density at radius 2 is 2.32 bits per heavy atom. The zero-order chi connectivity index (χ0) is 13.9. The molecule has 0 spiro atoms. The van der Waals surface area contributed by atoms with E-state index in [9.17, 15) is 9.50 Å². The molecule has 2 rings (SSSR count). The Labute approximate surface area is 113 Å². The van der Waals surface area contributed by atoms with Crippen LogP contribution in [0.25, 0.3) is 0 Å². The number of rotatable bonds is 4. The van der Waals surface area contributed by atoms with Gasteiger partial charge in [0.05, 0.1) is 6.61 Å². The van der Waals surface area contributed by atoms with E-state index in [0.29, 0.717) is 12.2 Å². The molecule has 2 N–H and O–H groups in total. The molecule has 1 aromatic rings. The molecule has 4 heteroatoms. The minimum Gasteiger partial charge on any atom is -0.487 e. The van der Waals surface area contributed by atoms with Gasteiger partial charge in [0, 0.05) is 12.0 Å². The van der Waals surface area contributed by atoms with Crippen LogP contribution in [0.1, 0.15) is 31.2 Å². The van der Waals surface area contributed by atoms with Gasteiger partial charge in [-0.1, -0.05) is 6.07 Å². The average molecular weight is 267 g/mol. The Bertz CT molecular complexity index is 432. The van der Waals surface area contributed by atoms with Crippen LogP contribution in [0.2, 0.25) is 0 Å². The van der Waals surface area contributed by atoms with E-state index >= 15 is 0 Å². The van der Waals surface area contributed by atoms with Crippen molar-refractivity contribution in [3.8, 4) is 5.75 Å². The number of aryl methyl sites for hydroxylation is 1. The summed E-state index contributed by atoms with van der Waals surface area (Å²) in [5.74, 6) is -0.00919. The fourth-order valence-corrected chi connectivity index (χ4v) is 2.74. The first kappa shape index (κ1) is 14.3. The molecule has 0 heterocycles. The van der Waals surface area contributed by atoms with Crippen LogP contribution in [0, 0.1) is 12.7 Å². The first-order chi connectivity index (χ1) is 9.08. The predicted molar refractivity (Wildman–Crippen MR) is 72.9 cm³/mol. The number of hydrogen-bond acceptors (Lipinski definition) is 3. The molecule has 1 aliphatic rings. The topological polar surface area (TPSA) is 41.5 Å². The van der Waals surface area contributed by atoms with Crippen LogP contribution >= 0.6 is 0 Å². The van der Waals surface area contributed by atoms with Crippen molar-refractivity contribution in [3.05, 3.63) is 29.6 Å². The molecular weight excluding hydrogens is 245 g/mol. The second kappa shape index (κ2) is 5.88. The van der Waals surface area contributed by atoms with E-state index in [0.717, 1.165) is 24.8 Å². The fraction of sp³-hybridized carbons (Fsp3) is 0.600. The molecule has 0 radical (unpaired) electrons. The molecule has 0 aliphatic heterocycles. The molecule has 0 bridgehead atoms. The second-order valence-electron chi connectivity index (χ2n) is 5.46. The zero-order valence-corrected chi connectivity index (χ0v) is 11.6. The summed E-state index contributed by atoms with van der Waals surface area (Å²) in [7, 11) is 1.85. The van der Waals surface area contributed by atoms with E-state index in [4.69, 9.17) is 4.74 Å². The van der Waals surface area contributed by atoms with Crippen molar-refractivity contribution < 1.29 is 14.2 Å². The molecule has 1 fully saturated rings. The van der Waals surface area contributed by atoms with E-state index in [-0.39, 0.29) is 24.1 Å². The van der Waals surface area contributed by atoms with Crippen molar-refractivity contribution in [2.75, 3.05) is 13.7 Å². The van der Waals surface area contributed by atoms with Crippen LogP contribution < -0.4 is 10.1 Å². The fourth-order valence-electron chi connectivity index (χ4n) is 2.74. The van der Waals surface area contributed by atoms with E-state index in [2.05, 4.69) is 5.32 Å². The van der Waals surface area contributed by atoms with Crippen molar-refractivity contribution in [1.82, 2.24) is 5.32 Å². The lowest BCUT2D eigenvalue weighted by atomic mass is 9.80. The van der Waals surface area contributed by atoms with Gasteiger partial charge in [0.25, 0.3) is 0 Å². The summed E-state index contributed by atoms with van der Waals surface area (Å²) in [6.45, 7) is 2.00. The Hall–Kier alpha value is -1.13. The van der Waals surface area contributed by atoms with Crippen LogP contribution in [-0.2, 0) is 0 Å². The number of hydrogen-bond donors (Lipinski definition) is 2. The summed E-state index contributed by atoms with van der Waals surface area (Å²) >= 11 is 0. The van der Waals surface area contributed by atoms with Crippen molar-refractivity contribution in [3.63, 3.8) is 0 Å². The lowest BCUT2D eigenvalue weighted by molar-refractivity contribution is 0.0534. The minimum absolute atomic E-state index is 0.0513. The maximum Gasteiger partial charge on any atom is 0.165 e. The zero-order valence-electron chi connectivity index (χ0n) is 11.6. The molecule has 19 heavy (non-hydrogen) atoms. The van der Waals surface area contributed by atoms with Gasteiger partial charge in [0.1, 0.15) is 6.10 Å². The van der Waals surface area contributed by atoms with E-state index in [1.165, 1.54) is 6.07 Å². The summed E-state index contributed by atoms with van der Waals surface area (Å²) in [6.07, 6.45) is 3.45. The van der Waals surface area contributed by atoms with Gasteiger partial charge < -0.3 is 15.2 Å². The van der Waals surface area contributed by atoms with Crippen molar-refractivity contribution >= 4 is 0 Å². The van der Waals surface area contributed by atoms with Gasteiger partial charge in [-0.2, -0.15) is 0 Å². The van der Waals surface area contributed by atoms with Gasteiger partial charge in [-0.05, 0) is 50.9 Å². The van der Waals surface area contributed by atoms with Crippen LogP contribution in [0.4, 0.5) is 4.39 Å². The molecule has 1 saturated carbocycles. The highest BCUT2D eigenvalue weighted by Crippen LogP contribution is 2.31. The molecule has 2 unspecified atom stereocenters.